The van der Waals surface area contributed by atoms with Crippen molar-refractivity contribution in [3.05, 3.63) is 68.7 Å². The number of pyridine rings is 1. The van der Waals surface area contributed by atoms with E-state index in [-0.39, 0.29) is 11.3 Å². The van der Waals surface area contributed by atoms with Gasteiger partial charge in [-0.2, -0.15) is 4.73 Å². The number of nitrogens with one attached hydrogen (secondary N) is 1. The fourth-order valence-electron chi connectivity index (χ4n) is 3.34. The van der Waals surface area contributed by atoms with Crippen LogP contribution in [0.5, 0.6) is 5.75 Å². The number of allylic oxidation sites excluding steroid dienone is 1. The summed E-state index contributed by atoms with van der Waals surface area (Å²) in [7, 11) is 1.62. The second-order valence-corrected chi connectivity index (χ2v) is 6.99. The summed E-state index contributed by atoms with van der Waals surface area (Å²) in [6, 6.07) is 3.82. The number of hydrogen-bond donors (Lipinski definition) is 1. The number of amides is 1. The molecular formula is C22H27ClN2O3. The molecule has 0 atom stereocenters. The molecule has 2 aromatic rings. The highest BCUT2D eigenvalue weighted by Gasteiger charge is 2.27. The summed E-state index contributed by atoms with van der Waals surface area (Å²) in [5.74, 6) is 0.355. The summed E-state index contributed by atoms with van der Waals surface area (Å²) in [4.78, 5) is 13.2. The number of nitrogens with zero attached hydrogens (tertiary/aromatic N) is 1. The van der Waals surface area contributed by atoms with Crippen LogP contribution < -0.4 is 14.8 Å². The molecular weight excluding hydrogens is 376 g/mol. The summed E-state index contributed by atoms with van der Waals surface area (Å²) < 4.78 is 6.12. The Morgan fingerprint density at radius 1 is 1.25 bits per heavy atom. The number of ether oxygens (including phenoxy) is 1. The lowest BCUT2D eigenvalue weighted by Gasteiger charge is -2.19. The van der Waals surface area contributed by atoms with E-state index in [1.165, 1.54) is 0 Å². The number of aryl methyl sites for hydroxylation is 2. The maximum absolute atomic E-state index is 13.2. The van der Waals surface area contributed by atoms with Gasteiger partial charge in [0.25, 0.3) is 5.91 Å². The van der Waals surface area contributed by atoms with Crippen molar-refractivity contribution in [2.75, 3.05) is 12.4 Å². The fraction of sp³-hybridized carbons (Fsp3) is 0.364. The third-order valence-electron chi connectivity index (χ3n) is 4.98. The van der Waals surface area contributed by atoms with Crippen LogP contribution in [-0.2, 0) is 19.3 Å². The van der Waals surface area contributed by atoms with Crippen LogP contribution in [0.25, 0.3) is 0 Å². The quantitative estimate of drug-likeness (QED) is 0.414. The normalized spacial score (nSPS) is 10.6. The van der Waals surface area contributed by atoms with Crippen LogP contribution in [0.1, 0.15) is 52.3 Å². The van der Waals surface area contributed by atoms with Crippen molar-refractivity contribution in [2.24, 2.45) is 0 Å². The van der Waals surface area contributed by atoms with Gasteiger partial charge in [-0.1, -0.05) is 31.5 Å². The lowest BCUT2D eigenvalue weighted by Crippen LogP contribution is -2.38. The van der Waals surface area contributed by atoms with Crippen LogP contribution >= 0.6 is 11.6 Å². The molecule has 1 heterocycles. The van der Waals surface area contributed by atoms with Gasteiger partial charge in [-0.25, -0.2) is 0 Å². The van der Waals surface area contributed by atoms with E-state index >= 15 is 0 Å². The van der Waals surface area contributed by atoms with Gasteiger partial charge in [0.15, 0.2) is 5.69 Å². The molecule has 0 aliphatic heterocycles. The van der Waals surface area contributed by atoms with Gasteiger partial charge in [-0.15, -0.1) is 6.58 Å². The van der Waals surface area contributed by atoms with E-state index in [9.17, 15) is 10.0 Å². The van der Waals surface area contributed by atoms with Crippen LogP contribution in [0.2, 0.25) is 5.02 Å². The van der Waals surface area contributed by atoms with Gasteiger partial charge in [-0.05, 0) is 42.5 Å². The van der Waals surface area contributed by atoms with E-state index < -0.39 is 5.91 Å². The van der Waals surface area contributed by atoms with Crippen molar-refractivity contribution in [1.29, 1.82) is 0 Å². The molecule has 6 heteroatoms. The van der Waals surface area contributed by atoms with Gasteiger partial charge in [-0.3, -0.25) is 4.79 Å². The molecule has 28 heavy (non-hydrogen) atoms. The van der Waals surface area contributed by atoms with E-state index in [0.29, 0.717) is 22.7 Å². The maximum atomic E-state index is 13.2. The highest BCUT2D eigenvalue weighted by molar-refractivity contribution is 6.35. The van der Waals surface area contributed by atoms with Gasteiger partial charge in [0, 0.05) is 25.1 Å². The molecule has 0 saturated carbocycles. The molecule has 0 aliphatic rings. The lowest BCUT2D eigenvalue weighted by molar-refractivity contribution is -0.619. The zero-order valence-electron chi connectivity index (χ0n) is 17.1. The van der Waals surface area contributed by atoms with Gasteiger partial charge < -0.3 is 15.3 Å². The molecule has 0 spiro atoms. The number of benzene rings is 1. The van der Waals surface area contributed by atoms with E-state index in [1.54, 1.807) is 27.0 Å². The minimum atomic E-state index is -0.396. The van der Waals surface area contributed by atoms with Crippen LogP contribution in [-0.4, -0.2) is 13.0 Å². The number of halogens is 1. The molecule has 0 saturated heterocycles. The first kappa shape index (κ1) is 21.8. The molecule has 0 fully saturated rings. The average Bonchev–Trinajstić information content (AvgIpc) is 2.69. The van der Waals surface area contributed by atoms with Crippen molar-refractivity contribution in [3.8, 4) is 5.75 Å². The number of carbonyl (C=O) groups excluding carboxylic acids is 1. The average molecular weight is 403 g/mol. The Bertz CT molecular complexity index is 898. The van der Waals surface area contributed by atoms with Crippen LogP contribution in [0.4, 0.5) is 5.69 Å². The summed E-state index contributed by atoms with van der Waals surface area (Å²) in [5.41, 5.74) is 4.24. The number of anilines is 1. The Labute approximate surface area is 171 Å². The predicted molar refractivity (Wildman–Crippen MR) is 113 cm³/mol. The summed E-state index contributed by atoms with van der Waals surface area (Å²) in [6.07, 6.45) is 3.53. The third kappa shape index (κ3) is 3.99. The summed E-state index contributed by atoms with van der Waals surface area (Å²) in [5, 5.41) is 15.8. The largest absolute Gasteiger partial charge is 0.618 e. The van der Waals surface area contributed by atoms with Gasteiger partial charge >= 0.3 is 0 Å². The van der Waals surface area contributed by atoms with Gasteiger partial charge in [0.05, 0.1) is 12.1 Å². The molecule has 0 unspecified atom stereocenters. The first-order chi connectivity index (χ1) is 13.3. The molecule has 0 aliphatic carbocycles. The van der Waals surface area contributed by atoms with Crippen LogP contribution in [0, 0.1) is 19.1 Å². The van der Waals surface area contributed by atoms with Gasteiger partial charge in [0.2, 0.25) is 5.69 Å². The van der Waals surface area contributed by atoms with Gasteiger partial charge in [0.1, 0.15) is 11.3 Å². The smallest absolute Gasteiger partial charge is 0.263 e. The molecule has 1 aromatic carbocycles. The van der Waals surface area contributed by atoms with Crippen molar-refractivity contribution < 1.29 is 14.3 Å². The minimum Gasteiger partial charge on any atom is -0.618 e. The molecule has 1 N–H and O–H groups in total. The second-order valence-electron chi connectivity index (χ2n) is 6.61. The third-order valence-corrected chi connectivity index (χ3v) is 5.40. The van der Waals surface area contributed by atoms with Crippen molar-refractivity contribution in [2.45, 2.75) is 47.0 Å². The fourth-order valence-corrected chi connectivity index (χ4v) is 3.77. The first-order valence-corrected chi connectivity index (χ1v) is 9.71. The molecule has 1 amide bonds. The Balaban J connectivity index is 2.59. The standard InChI is InChI=1S/C22H27ClN2O3/c1-7-10-18-13(4)25(27)14(5)19(20(18)23)22(26)24-21-15(8-2)11-17(28-6)12-16(21)9-3/h7,11-12H,1,8-10H2,2-6H3,(H,24,26). The molecule has 1 aromatic heterocycles. The number of carbonyl (C=O) groups is 1. The summed E-state index contributed by atoms with van der Waals surface area (Å²) >= 11 is 6.55. The Kier molecular flexibility index (Phi) is 7.08. The highest BCUT2D eigenvalue weighted by Crippen LogP contribution is 2.31. The Morgan fingerprint density at radius 2 is 1.82 bits per heavy atom. The van der Waals surface area contributed by atoms with E-state index in [2.05, 4.69) is 11.9 Å². The minimum absolute atomic E-state index is 0.194. The Hall–Kier alpha value is -2.53. The number of rotatable bonds is 7. The first-order valence-electron chi connectivity index (χ1n) is 9.33. The second kappa shape index (κ2) is 9.11. The van der Waals surface area contributed by atoms with Crippen molar-refractivity contribution >= 4 is 23.2 Å². The summed E-state index contributed by atoms with van der Waals surface area (Å²) in [6.45, 7) is 11.0. The van der Waals surface area contributed by atoms with E-state index in [1.807, 2.05) is 26.0 Å². The number of aromatic nitrogens is 1. The Morgan fingerprint density at radius 3 is 2.29 bits per heavy atom. The van der Waals surface area contributed by atoms with E-state index in [0.717, 1.165) is 40.1 Å². The molecule has 5 nitrogen and oxygen atoms in total. The maximum Gasteiger partial charge on any atom is 0.263 e. The monoisotopic (exact) mass is 402 g/mol. The van der Waals surface area contributed by atoms with Crippen LogP contribution in [0.15, 0.2) is 24.8 Å². The number of methoxy groups -OCH3 is 1. The highest BCUT2D eigenvalue weighted by atomic mass is 35.5. The zero-order valence-corrected chi connectivity index (χ0v) is 17.9. The topological polar surface area (TPSA) is 65.3 Å². The predicted octanol–water partition coefficient (Wildman–Crippen LogP) is 4.70. The molecule has 0 radical (unpaired) electrons. The molecule has 2 rings (SSSR count). The van der Waals surface area contributed by atoms with E-state index in [4.69, 9.17) is 16.3 Å². The lowest BCUT2D eigenvalue weighted by atomic mass is 10.0. The molecule has 150 valence electrons. The van der Waals surface area contributed by atoms with Crippen molar-refractivity contribution in [1.82, 2.24) is 0 Å². The number of hydrogen-bond acceptors (Lipinski definition) is 3. The SMILES string of the molecule is C=CCc1c(Cl)c(C(=O)Nc2c(CC)cc(OC)cc2CC)c(C)[n+]([O-])c1C. The zero-order chi connectivity index (χ0) is 21.0. The van der Waals surface area contributed by atoms with Crippen LogP contribution in [0.3, 0.4) is 0 Å². The van der Waals surface area contributed by atoms with Crippen molar-refractivity contribution in [3.63, 3.8) is 0 Å². The molecule has 0 bridgehead atoms.